The number of halogens is 3. The highest BCUT2D eigenvalue weighted by molar-refractivity contribution is 9.10. The van der Waals surface area contributed by atoms with Gasteiger partial charge in [-0.2, -0.15) is 0 Å². The number of hydrogen-bond acceptors (Lipinski definition) is 4. The van der Waals surface area contributed by atoms with Crippen molar-refractivity contribution in [2.45, 2.75) is 32.4 Å². The monoisotopic (exact) mass is 637 g/mol. The van der Waals surface area contributed by atoms with Gasteiger partial charge in [-0.1, -0.05) is 76.9 Å². The van der Waals surface area contributed by atoms with Crippen LogP contribution in [0.4, 0.5) is 10.1 Å². The van der Waals surface area contributed by atoms with Crippen LogP contribution in [0.25, 0.3) is 0 Å². The highest BCUT2D eigenvalue weighted by atomic mass is 79.9. The van der Waals surface area contributed by atoms with Gasteiger partial charge in [0.2, 0.25) is 21.8 Å². The molecule has 3 aromatic rings. The fourth-order valence-corrected chi connectivity index (χ4v) is 5.47. The summed E-state index contributed by atoms with van der Waals surface area (Å²) in [5.41, 5.74) is 1.62. The summed E-state index contributed by atoms with van der Waals surface area (Å²) in [6.07, 6.45) is 1.87. The van der Waals surface area contributed by atoms with Crippen LogP contribution in [0.1, 0.15) is 24.5 Å². The molecule has 0 heterocycles. The van der Waals surface area contributed by atoms with E-state index < -0.39 is 34.3 Å². The summed E-state index contributed by atoms with van der Waals surface area (Å²) < 4.78 is 41.0. The zero-order chi connectivity index (χ0) is 28.6. The van der Waals surface area contributed by atoms with E-state index in [1.165, 1.54) is 11.0 Å². The van der Waals surface area contributed by atoms with Crippen LogP contribution in [0.5, 0.6) is 0 Å². The normalized spacial score (nSPS) is 12.0. The Hall–Kier alpha value is -2.95. The number of nitrogens with zero attached hydrogens (tertiary/aromatic N) is 2. The maximum Gasteiger partial charge on any atom is 0.244 e. The summed E-state index contributed by atoms with van der Waals surface area (Å²) >= 11 is 9.35. The fraction of sp³-hybridized carbons (Fsp3) is 0.286. The van der Waals surface area contributed by atoms with Gasteiger partial charge in [0.15, 0.2) is 0 Å². The van der Waals surface area contributed by atoms with Crippen LogP contribution in [-0.2, 0) is 32.6 Å². The van der Waals surface area contributed by atoms with Crippen molar-refractivity contribution < 1.29 is 22.4 Å². The summed E-state index contributed by atoms with van der Waals surface area (Å²) in [5, 5.41) is 2.60. The molecule has 0 aromatic heterocycles. The predicted octanol–water partition coefficient (Wildman–Crippen LogP) is 5.17. The first-order valence-electron chi connectivity index (χ1n) is 12.3. The zero-order valence-corrected chi connectivity index (χ0v) is 24.8. The molecule has 39 heavy (non-hydrogen) atoms. The Bertz CT molecular complexity index is 1410. The quantitative estimate of drug-likeness (QED) is 0.297. The van der Waals surface area contributed by atoms with Gasteiger partial charge in [0.1, 0.15) is 18.4 Å². The number of hydrogen-bond donors (Lipinski definition) is 1. The van der Waals surface area contributed by atoms with Gasteiger partial charge in [-0.05, 0) is 47.9 Å². The number of carbonyl (C=O) groups is 2. The lowest BCUT2D eigenvalue weighted by atomic mass is 10.0. The van der Waals surface area contributed by atoms with Crippen LogP contribution < -0.4 is 9.62 Å². The topological polar surface area (TPSA) is 86.8 Å². The van der Waals surface area contributed by atoms with Gasteiger partial charge in [-0.3, -0.25) is 13.9 Å². The van der Waals surface area contributed by atoms with Crippen LogP contribution in [0.15, 0.2) is 77.3 Å². The predicted molar refractivity (Wildman–Crippen MR) is 156 cm³/mol. The molecule has 0 aliphatic rings. The van der Waals surface area contributed by atoms with Crippen LogP contribution in [0, 0.1) is 5.82 Å². The minimum Gasteiger partial charge on any atom is -0.354 e. The molecule has 0 aliphatic carbocycles. The number of amides is 2. The Kier molecular flexibility index (Phi) is 10.9. The van der Waals surface area contributed by atoms with E-state index in [2.05, 4.69) is 21.2 Å². The lowest BCUT2D eigenvalue weighted by Gasteiger charge is -2.33. The van der Waals surface area contributed by atoms with Gasteiger partial charge < -0.3 is 10.2 Å². The maximum absolute atomic E-state index is 13.9. The lowest BCUT2D eigenvalue weighted by molar-refractivity contribution is -0.140. The maximum atomic E-state index is 13.9. The van der Waals surface area contributed by atoms with Crippen LogP contribution in [0.2, 0.25) is 5.02 Å². The summed E-state index contributed by atoms with van der Waals surface area (Å²) in [6, 6.07) is 19.1. The second-order valence-corrected chi connectivity index (χ2v) is 12.2. The van der Waals surface area contributed by atoms with Crippen molar-refractivity contribution in [3.63, 3.8) is 0 Å². The molecule has 0 bridgehead atoms. The van der Waals surface area contributed by atoms with Crippen molar-refractivity contribution in [3.05, 3.63) is 99.2 Å². The van der Waals surface area contributed by atoms with E-state index in [-0.39, 0.29) is 29.6 Å². The molecule has 0 fully saturated rings. The van der Waals surface area contributed by atoms with Gasteiger partial charge in [0.25, 0.3) is 0 Å². The summed E-state index contributed by atoms with van der Waals surface area (Å²) in [7, 11) is -3.98. The van der Waals surface area contributed by atoms with Gasteiger partial charge in [-0.25, -0.2) is 12.8 Å². The first-order valence-corrected chi connectivity index (χ1v) is 15.3. The van der Waals surface area contributed by atoms with Crippen molar-refractivity contribution >= 4 is 55.1 Å². The van der Waals surface area contributed by atoms with Crippen molar-refractivity contribution in [3.8, 4) is 0 Å². The average Bonchev–Trinajstić information content (AvgIpc) is 2.89. The highest BCUT2D eigenvalue weighted by Gasteiger charge is 2.33. The Morgan fingerprint density at radius 1 is 1.03 bits per heavy atom. The standard InChI is InChI=1S/C28H30BrClFN3O4S/c1-3-14-32-28(36)26(16-20-8-5-4-6-9-20)33(18-21-10-7-11-22(29)15-21)27(35)19-34(39(2,37)38)23-12-13-25(31)24(30)17-23/h4-13,15,17,26H,3,14,16,18-19H2,1-2H3,(H,32,36)/t26-/m0/s1. The molecular formula is C28H30BrClFN3O4S. The Morgan fingerprint density at radius 3 is 2.33 bits per heavy atom. The Labute approximate surface area is 242 Å². The Morgan fingerprint density at radius 2 is 1.72 bits per heavy atom. The number of nitrogens with one attached hydrogen (secondary N) is 1. The molecular weight excluding hydrogens is 609 g/mol. The molecule has 0 saturated heterocycles. The minimum atomic E-state index is -3.98. The van der Waals surface area contributed by atoms with E-state index in [1.807, 2.05) is 61.5 Å². The van der Waals surface area contributed by atoms with Crippen molar-refractivity contribution in [2.24, 2.45) is 0 Å². The molecule has 1 N–H and O–H groups in total. The number of sulfonamides is 1. The van der Waals surface area contributed by atoms with Crippen LogP contribution in [0.3, 0.4) is 0 Å². The third kappa shape index (κ3) is 8.78. The molecule has 0 spiro atoms. The lowest BCUT2D eigenvalue weighted by Crippen LogP contribution is -2.53. The average molecular weight is 639 g/mol. The van der Waals surface area contributed by atoms with Gasteiger partial charge in [-0.15, -0.1) is 0 Å². The van der Waals surface area contributed by atoms with E-state index in [9.17, 15) is 22.4 Å². The number of benzene rings is 3. The molecule has 208 valence electrons. The van der Waals surface area contributed by atoms with E-state index >= 15 is 0 Å². The highest BCUT2D eigenvalue weighted by Crippen LogP contribution is 2.25. The molecule has 0 saturated carbocycles. The molecule has 7 nitrogen and oxygen atoms in total. The molecule has 3 aromatic carbocycles. The molecule has 0 unspecified atom stereocenters. The first kappa shape index (κ1) is 30.6. The third-order valence-corrected chi connectivity index (χ3v) is 7.86. The van der Waals surface area contributed by atoms with E-state index in [4.69, 9.17) is 11.6 Å². The molecule has 3 rings (SSSR count). The minimum absolute atomic E-state index is 0.0368. The SMILES string of the molecule is CCCNC(=O)[C@H](Cc1ccccc1)N(Cc1cccc(Br)c1)C(=O)CN(c1ccc(F)c(Cl)c1)S(C)(=O)=O. The summed E-state index contributed by atoms with van der Waals surface area (Å²) in [4.78, 5) is 28.8. The van der Waals surface area contributed by atoms with Crippen molar-refractivity contribution in [2.75, 3.05) is 23.7 Å². The largest absolute Gasteiger partial charge is 0.354 e. The van der Waals surface area contributed by atoms with Crippen molar-refractivity contribution in [1.29, 1.82) is 0 Å². The number of anilines is 1. The first-order chi connectivity index (χ1) is 18.5. The fourth-order valence-electron chi connectivity index (χ4n) is 4.01. The molecule has 1 atom stereocenters. The zero-order valence-electron chi connectivity index (χ0n) is 21.6. The van der Waals surface area contributed by atoms with Gasteiger partial charge >= 0.3 is 0 Å². The van der Waals surface area contributed by atoms with Crippen LogP contribution >= 0.6 is 27.5 Å². The van der Waals surface area contributed by atoms with Gasteiger partial charge in [0, 0.05) is 24.0 Å². The molecule has 2 amide bonds. The smallest absolute Gasteiger partial charge is 0.244 e. The van der Waals surface area contributed by atoms with Crippen molar-refractivity contribution in [1.82, 2.24) is 10.2 Å². The van der Waals surface area contributed by atoms with Crippen LogP contribution in [-0.4, -0.2) is 50.5 Å². The summed E-state index contributed by atoms with van der Waals surface area (Å²) in [6.45, 7) is 1.79. The van der Waals surface area contributed by atoms with E-state index in [0.29, 0.717) is 13.0 Å². The number of carbonyl (C=O) groups excluding carboxylic acids is 2. The summed E-state index contributed by atoms with van der Waals surface area (Å²) in [5.74, 6) is -1.67. The molecule has 0 radical (unpaired) electrons. The third-order valence-electron chi connectivity index (χ3n) is 5.93. The molecule has 11 heteroatoms. The number of rotatable bonds is 12. The van der Waals surface area contributed by atoms with Gasteiger partial charge in [0.05, 0.1) is 17.0 Å². The Balaban J connectivity index is 2.05. The van der Waals surface area contributed by atoms with E-state index in [0.717, 1.165) is 38.3 Å². The van der Waals surface area contributed by atoms with E-state index in [1.54, 1.807) is 0 Å². The molecule has 0 aliphatic heterocycles. The second-order valence-electron chi connectivity index (χ2n) is 9.02. The second kappa shape index (κ2) is 13.9.